The minimum atomic E-state index is -0.0292. The number of amides is 1. The predicted octanol–water partition coefficient (Wildman–Crippen LogP) is 0.341. The lowest BCUT2D eigenvalue weighted by Crippen LogP contribution is -2.36. The molecule has 1 amide bonds. The van der Waals surface area contributed by atoms with Crippen LogP contribution in [0.15, 0.2) is 6.20 Å². The van der Waals surface area contributed by atoms with Gasteiger partial charge in [0.25, 0.3) is 0 Å². The fourth-order valence-electron chi connectivity index (χ4n) is 1.45. The zero-order valence-electron chi connectivity index (χ0n) is 10.2. The molecule has 0 aromatic carbocycles. The molecule has 96 valence electrons. The molecule has 0 saturated heterocycles. The van der Waals surface area contributed by atoms with Crippen LogP contribution in [0.4, 0.5) is 0 Å². The molecule has 1 aromatic heterocycles. The maximum absolute atomic E-state index is 11.6. The number of nitrogens with one attached hydrogen (secondary N) is 1. The first kappa shape index (κ1) is 14.4. The number of aromatic nitrogens is 3. The lowest BCUT2D eigenvalue weighted by atomic mass is 10.4. The highest BCUT2D eigenvalue weighted by atomic mass is 125. The lowest BCUT2D eigenvalue weighted by molar-refractivity contribution is -0.121. The van der Waals surface area contributed by atoms with E-state index in [0.29, 0.717) is 6.54 Å². The van der Waals surface area contributed by atoms with E-state index in [4.69, 9.17) is 0 Å². The second-order valence-electron chi connectivity index (χ2n) is 3.62. The molecule has 17 heavy (non-hydrogen) atoms. The average Bonchev–Trinajstić information content (AvgIpc) is 2.70. The third kappa shape index (κ3) is 5.44. The zero-order valence-corrected chi connectivity index (χ0v) is 12.3. The smallest absolute Gasteiger partial charge is 0.241 e. The van der Waals surface area contributed by atoms with Crippen LogP contribution in [0.5, 0.6) is 0 Å². The van der Waals surface area contributed by atoms with Gasteiger partial charge in [-0.3, -0.25) is 4.79 Å². The van der Waals surface area contributed by atoms with Crippen molar-refractivity contribution in [2.24, 2.45) is 0 Å². The van der Waals surface area contributed by atoms with Crippen molar-refractivity contribution in [3.63, 3.8) is 0 Å². The van der Waals surface area contributed by atoms with Gasteiger partial charge in [0.05, 0.1) is 6.20 Å². The molecule has 0 atom stereocenters. The fraction of sp³-hybridized carbons (Fsp3) is 0.700. The van der Waals surface area contributed by atoms with Gasteiger partial charge in [-0.1, -0.05) is 19.1 Å². The van der Waals surface area contributed by atoms with Crippen molar-refractivity contribution in [3.8, 4) is 0 Å². The summed E-state index contributed by atoms with van der Waals surface area (Å²) in [6, 6.07) is 0. The van der Waals surface area contributed by atoms with Crippen molar-refractivity contribution < 1.29 is 4.79 Å². The molecule has 0 aliphatic heterocycles. The Bertz CT molecular complexity index is 350. The molecule has 0 radical (unpaired) electrons. The normalized spacial score (nSPS) is 10.8. The fourth-order valence-corrected chi connectivity index (χ4v) is 1.87. The number of hydrogen-bond acceptors (Lipinski definition) is 4. The lowest BCUT2D eigenvalue weighted by Gasteiger charge is -2.17. The standard InChI is InChI=1S/C10H18IN5O/c1-3-15(4-2)6-5-12-10(17)8-16-7-9(11)13-14-16/h7H,3-6,8H2,1-2H3,(H,12,17)/i11-2. The summed E-state index contributed by atoms with van der Waals surface area (Å²) in [7, 11) is 0. The van der Waals surface area contributed by atoms with E-state index in [1.165, 1.54) is 4.68 Å². The summed E-state index contributed by atoms with van der Waals surface area (Å²) < 4.78 is 2.33. The summed E-state index contributed by atoms with van der Waals surface area (Å²) in [5.41, 5.74) is 0. The number of rotatable bonds is 7. The van der Waals surface area contributed by atoms with Crippen LogP contribution in [0, 0.1) is 3.70 Å². The van der Waals surface area contributed by atoms with Gasteiger partial charge in [-0.05, 0) is 35.7 Å². The third-order valence-electron chi connectivity index (χ3n) is 2.46. The zero-order chi connectivity index (χ0) is 12.7. The Morgan fingerprint density at radius 2 is 2.24 bits per heavy atom. The Kier molecular flexibility index (Phi) is 6.41. The summed E-state index contributed by atoms with van der Waals surface area (Å²) in [4.78, 5) is 13.8. The summed E-state index contributed by atoms with van der Waals surface area (Å²) in [6.07, 6.45) is 1.74. The summed E-state index contributed by atoms with van der Waals surface area (Å²) in [5, 5.41) is 10.5. The Balaban J connectivity index is 2.21. The molecule has 0 aliphatic rings. The van der Waals surface area contributed by atoms with Crippen LogP contribution in [0.25, 0.3) is 0 Å². The average molecular weight is 349 g/mol. The van der Waals surface area contributed by atoms with Gasteiger partial charge in [0.2, 0.25) is 5.91 Å². The first-order valence-electron chi connectivity index (χ1n) is 5.70. The van der Waals surface area contributed by atoms with E-state index in [0.717, 1.165) is 23.3 Å². The number of nitrogens with zero attached hydrogens (tertiary/aromatic N) is 4. The van der Waals surface area contributed by atoms with Gasteiger partial charge in [0, 0.05) is 13.1 Å². The van der Waals surface area contributed by atoms with Crippen LogP contribution in [0.1, 0.15) is 13.8 Å². The summed E-state index contributed by atoms with van der Waals surface area (Å²) in [6.45, 7) is 8.03. The number of hydrogen-bond donors (Lipinski definition) is 1. The minimum Gasteiger partial charge on any atom is -0.353 e. The van der Waals surface area contributed by atoms with E-state index in [2.05, 4.69) is 57.0 Å². The summed E-state index contributed by atoms with van der Waals surface area (Å²) >= 11 is 2.06. The number of carbonyl (C=O) groups is 1. The highest BCUT2D eigenvalue weighted by molar-refractivity contribution is 14.1. The molecule has 6 nitrogen and oxygen atoms in total. The van der Waals surface area contributed by atoms with Crippen molar-refractivity contribution >= 4 is 28.5 Å². The number of carbonyl (C=O) groups excluding carboxylic acids is 1. The van der Waals surface area contributed by atoms with Crippen molar-refractivity contribution in [2.75, 3.05) is 26.2 Å². The van der Waals surface area contributed by atoms with E-state index in [-0.39, 0.29) is 12.5 Å². The van der Waals surface area contributed by atoms with Gasteiger partial charge in [-0.15, -0.1) is 5.10 Å². The van der Waals surface area contributed by atoms with Crippen LogP contribution >= 0.6 is 22.6 Å². The van der Waals surface area contributed by atoms with Crippen molar-refractivity contribution in [2.45, 2.75) is 20.4 Å². The Labute approximate surface area is 115 Å². The van der Waals surface area contributed by atoms with Crippen molar-refractivity contribution in [3.05, 3.63) is 9.90 Å². The minimum absolute atomic E-state index is 0.0292. The molecular formula is C10H18IN5O. The van der Waals surface area contributed by atoms with E-state index >= 15 is 0 Å². The molecule has 0 aliphatic carbocycles. The molecule has 0 bridgehead atoms. The van der Waals surface area contributed by atoms with E-state index in [9.17, 15) is 4.79 Å². The SMILES string of the molecule is CCN(CC)CCNC(=O)Cn1cc([125I])nn1. The summed E-state index contributed by atoms with van der Waals surface area (Å²) in [5.74, 6) is -0.0292. The predicted molar refractivity (Wildman–Crippen MR) is 73.5 cm³/mol. The molecule has 0 unspecified atom stereocenters. The van der Waals surface area contributed by atoms with Gasteiger partial charge in [-0.25, -0.2) is 4.68 Å². The maximum atomic E-state index is 11.6. The monoisotopic (exact) mass is 349 g/mol. The molecule has 7 heteroatoms. The van der Waals surface area contributed by atoms with Gasteiger partial charge in [0.1, 0.15) is 10.2 Å². The Hall–Kier alpha value is -0.700. The van der Waals surface area contributed by atoms with Crippen LogP contribution in [0.3, 0.4) is 0 Å². The molecule has 1 aromatic rings. The van der Waals surface area contributed by atoms with E-state index in [1.807, 2.05) is 0 Å². The van der Waals surface area contributed by atoms with Crippen LogP contribution < -0.4 is 5.32 Å². The molecule has 0 fully saturated rings. The number of likely N-dealkylation sites (N-methyl/N-ethyl adjacent to an activating group) is 1. The Morgan fingerprint density at radius 1 is 1.53 bits per heavy atom. The second kappa shape index (κ2) is 7.59. The Morgan fingerprint density at radius 3 is 2.76 bits per heavy atom. The van der Waals surface area contributed by atoms with Crippen LogP contribution in [0.2, 0.25) is 0 Å². The highest BCUT2D eigenvalue weighted by Crippen LogP contribution is 1.96. The number of halogens is 1. The van der Waals surface area contributed by atoms with Crippen molar-refractivity contribution in [1.82, 2.24) is 25.2 Å². The first-order valence-corrected chi connectivity index (χ1v) is 6.78. The molecular weight excluding hydrogens is 331 g/mol. The first-order chi connectivity index (χ1) is 8.15. The molecule has 0 spiro atoms. The largest absolute Gasteiger partial charge is 0.353 e. The van der Waals surface area contributed by atoms with Crippen molar-refractivity contribution in [1.29, 1.82) is 0 Å². The second-order valence-corrected chi connectivity index (χ2v) is 4.72. The molecule has 1 heterocycles. The maximum Gasteiger partial charge on any atom is 0.241 e. The highest BCUT2D eigenvalue weighted by Gasteiger charge is 2.05. The van der Waals surface area contributed by atoms with Gasteiger partial charge < -0.3 is 10.2 Å². The molecule has 1 rings (SSSR count). The van der Waals surface area contributed by atoms with E-state index < -0.39 is 0 Å². The van der Waals surface area contributed by atoms with Gasteiger partial charge in [0.15, 0.2) is 0 Å². The van der Waals surface area contributed by atoms with Crippen LogP contribution in [-0.2, 0) is 11.3 Å². The third-order valence-corrected chi connectivity index (χ3v) is 2.96. The topological polar surface area (TPSA) is 63.1 Å². The quantitative estimate of drug-likeness (QED) is 0.722. The van der Waals surface area contributed by atoms with Gasteiger partial charge in [-0.2, -0.15) is 0 Å². The van der Waals surface area contributed by atoms with E-state index in [1.54, 1.807) is 6.20 Å². The molecule has 1 N–H and O–H groups in total. The van der Waals surface area contributed by atoms with Crippen LogP contribution in [-0.4, -0.2) is 52.0 Å². The van der Waals surface area contributed by atoms with Gasteiger partial charge >= 0.3 is 0 Å². The molecule has 0 saturated carbocycles.